The van der Waals surface area contributed by atoms with E-state index in [4.69, 9.17) is 20.2 Å². The summed E-state index contributed by atoms with van der Waals surface area (Å²) in [5.41, 5.74) is 7.41. The Balaban J connectivity index is 1.52. The number of carbonyl (C=O) groups is 2. The number of benzene rings is 2. The number of hydrogen-bond acceptors (Lipinski definition) is 6. The van der Waals surface area contributed by atoms with Gasteiger partial charge in [0.1, 0.15) is 17.1 Å². The fourth-order valence-electron chi connectivity index (χ4n) is 4.61. The molecule has 4 aromatic rings. The average molecular weight is 514 g/mol. The van der Waals surface area contributed by atoms with E-state index in [9.17, 15) is 14.0 Å². The van der Waals surface area contributed by atoms with Crippen molar-refractivity contribution in [3.8, 4) is 40.3 Å². The highest BCUT2D eigenvalue weighted by atomic mass is 19.1. The van der Waals surface area contributed by atoms with Gasteiger partial charge in [-0.25, -0.2) is 9.97 Å². The number of rotatable bonds is 6. The van der Waals surface area contributed by atoms with E-state index in [0.717, 1.165) is 0 Å². The Kier molecular flexibility index (Phi) is 6.66. The number of carbonyl (C=O) groups excluding carboxylic acids is 2. The molecule has 0 saturated carbocycles. The van der Waals surface area contributed by atoms with E-state index < -0.39 is 11.7 Å². The van der Waals surface area contributed by atoms with Gasteiger partial charge in [-0.3, -0.25) is 14.0 Å². The topological polar surface area (TPSA) is 112 Å². The molecule has 1 atom stereocenters. The Morgan fingerprint density at radius 3 is 2.63 bits per heavy atom. The van der Waals surface area contributed by atoms with Crippen LogP contribution >= 0.6 is 0 Å². The van der Waals surface area contributed by atoms with Gasteiger partial charge in [0.15, 0.2) is 17.2 Å². The van der Waals surface area contributed by atoms with Crippen LogP contribution in [0.15, 0.2) is 54.9 Å². The zero-order valence-corrected chi connectivity index (χ0v) is 20.8. The van der Waals surface area contributed by atoms with E-state index >= 15 is 0 Å². The number of likely N-dealkylation sites (tertiary alicyclic amines) is 1. The minimum atomic E-state index is -0.682. The molecule has 0 radical (unpaired) electrons. The van der Waals surface area contributed by atoms with Crippen LogP contribution in [0.5, 0.6) is 17.2 Å². The molecule has 3 heterocycles. The van der Waals surface area contributed by atoms with Gasteiger partial charge >= 0.3 is 0 Å². The minimum absolute atomic E-state index is 0.0279. The second-order valence-corrected chi connectivity index (χ2v) is 8.69. The Labute approximate surface area is 218 Å². The molecular weight excluding hydrogens is 489 g/mol. The van der Waals surface area contributed by atoms with E-state index in [1.165, 1.54) is 25.4 Å². The van der Waals surface area contributed by atoms with Crippen molar-refractivity contribution >= 4 is 17.3 Å². The Hall–Kier alpha value is -4.91. The maximum atomic E-state index is 14.5. The van der Waals surface area contributed by atoms with Crippen LogP contribution in [0.1, 0.15) is 35.6 Å². The highest BCUT2D eigenvalue weighted by Gasteiger charge is 2.31. The molecule has 2 amide bonds. The number of aromatic nitrogens is 3. The van der Waals surface area contributed by atoms with Crippen molar-refractivity contribution in [1.82, 2.24) is 19.3 Å². The van der Waals surface area contributed by atoms with Gasteiger partial charge in [-0.15, -0.1) is 0 Å². The summed E-state index contributed by atoms with van der Waals surface area (Å²) >= 11 is 0. The van der Waals surface area contributed by atoms with Gasteiger partial charge in [0, 0.05) is 37.0 Å². The van der Waals surface area contributed by atoms with Gasteiger partial charge in [0.2, 0.25) is 5.82 Å². The van der Waals surface area contributed by atoms with E-state index in [0.29, 0.717) is 47.9 Å². The van der Waals surface area contributed by atoms with Gasteiger partial charge in [-0.2, -0.15) is 4.39 Å². The third kappa shape index (κ3) is 4.50. The number of nitrogens with zero attached hydrogens (tertiary/aromatic N) is 4. The van der Waals surface area contributed by atoms with Crippen LogP contribution in [0.2, 0.25) is 0 Å². The summed E-state index contributed by atoms with van der Waals surface area (Å²) in [6, 6.07) is 11.5. The molecule has 1 unspecified atom stereocenters. The largest absolute Gasteiger partial charge is 0.494 e. The summed E-state index contributed by atoms with van der Waals surface area (Å²) in [7, 11) is 1.38. The van der Waals surface area contributed by atoms with Crippen LogP contribution in [0.3, 0.4) is 0 Å². The first-order valence-corrected chi connectivity index (χ1v) is 11.9. The maximum absolute atomic E-state index is 14.5. The maximum Gasteiger partial charge on any atom is 0.298 e. The molecule has 192 valence electrons. The molecule has 9 nitrogen and oxygen atoms in total. The fraction of sp³-hybridized carbons (Fsp3) is 0.214. The highest BCUT2D eigenvalue weighted by Crippen LogP contribution is 2.35. The molecule has 1 aliphatic heterocycles. The van der Waals surface area contributed by atoms with Crippen LogP contribution in [-0.4, -0.2) is 51.3 Å². The smallest absolute Gasteiger partial charge is 0.298 e. The third-order valence-corrected chi connectivity index (χ3v) is 6.39. The first kappa shape index (κ1) is 24.8. The van der Waals surface area contributed by atoms with E-state index in [1.807, 2.05) is 4.40 Å². The van der Waals surface area contributed by atoms with Crippen LogP contribution in [0, 0.1) is 17.7 Å². The highest BCUT2D eigenvalue weighted by molar-refractivity contribution is 6.01. The minimum Gasteiger partial charge on any atom is -0.494 e. The number of fused-ring (bicyclic) bond motifs is 1. The predicted molar refractivity (Wildman–Crippen MR) is 137 cm³/mol. The Morgan fingerprint density at radius 2 is 1.92 bits per heavy atom. The van der Waals surface area contributed by atoms with Gasteiger partial charge in [0.05, 0.1) is 12.8 Å². The molecule has 38 heavy (non-hydrogen) atoms. The molecule has 0 aliphatic carbocycles. The first-order chi connectivity index (χ1) is 18.4. The molecule has 2 N–H and O–H groups in total. The Bertz CT molecular complexity index is 1600. The number of ether oxygens (including phenoxy) is 2. The molecule has 2 aromatic carbocycles. The summed E-state index contributed by atoms with van der Waals surface area (Å²) < 4.78 is 27.1. The summed E-state index contributed by atoms with van der Waals surface area (Å²) in [6.07, 6.45) is 3.93. The van der Waals surface area contributed by atoms with E-state index in [2.05, 4.69) is 16.8 Å². The van der Waals surface area contributed by atoms with Crippen LogP contribution in [0.4, 0.5) is 4.39 Å². The van der Waals surface area contributed by atoms with Crippen molar-refractivity contribution in [3.63, 3.8) is 0 Å². The monoisotopic (exact) mass is 513 g/mol. The second kappa shape index (κ2) is 10.2. The summed E-state index contributed by atoms with van der Waals surface area (Å²) in [5, 5.41) is 0. The number of nitrogens with two attached hydrogens (primary N) is 1. The van der Waals surface area contributed by atoms with Crippen LogP contribution in [0.25, 0.3) is 16.8 Å². The van der Waals surface area contributed by atoms with Crippen molar-refractivity contribution in [2.45, 2.75) is 19.3 Å². The zero-order valence-electron chi connectivity index (χ0n) is 20.8. The number of methoxy groups -OCH3 is 1. The van der Waals surface area contributed by atoms with Gasteiger partial charge in [-0.05, 0) is 55.7 Å². The van der Waals surface area contributed by atoms with Crippen molar-refractivity contribution in [2.24, 2.45) is 5.73 Å². The second-order valence-electron chi connectivity index (χ2n) is 8.69. The fourth-order valence-corrected chi connectivity index (χ4v) is 4.61. The standard InChI is InChI=1S/C28H24FN5O4/c1-3-5-22(35)33-14-12-18(16-33)28-32-24(26-25(27(30)36)31-13-15-34(26)28)17-8-10-19(11-9-17)38-21-7-4-6-20(37-2)23(21)29/h4,6-11,13,15,18H,12,14,16H2,1-2H3,(H2,30,36). The molecule has 0 spiro atoms. The van der Waals surface area contributed by atoms with Crippen molar-refractivity contribution in [1.29, 1.82) is 0 Å². The summed E-state index contributed by atoms with van der Waals surface area (Å²) in [6.45, 7) is 2.64. The van der Waals surface area contributed by atoms with Gasteiger partial charge in [-0.1, -0.05) is 12.0 Å². The van der Waals surface area contributed by atoms with E-state index in [1.54, 1.807) is 48.4 Å². The number of primary amides is 1. The van der Waals surface area contributed by atoms with Crippen LogP contribution < -0.4 is 15.2 Å². The average Bonchev–Trinajstić information content (AvgIpc) is 3.56. The van der Waals surface area contributed by atoms with Crippen molar-refractivity contribution < 1.29 is 23.5 Å². The van der Waals surface area contributed by atoms with Crippen LogP contribution in [-0.2, 0) is 4.79 Å². The summed E-state index contributed by atoms with van der Waals surface area (Å²) in [4.78, 5) is 35.4. The third-order valence-electron chi connectivity index (χ3n) is 6.39. The first-order valence-electron chi connectivity index (χ1n) is 11.9. The lowest BCUT2D eigenvalue weighted by Crippen LogP contribution is -2.27. The predicted octanol–water partition coefficient (Wildman–Crippen LogP) is 3.77. The lowest BCUT2D eigenvalue weighted by molar-refractivity contribution is -0.124. The number of halogens is 1. The molecule has 1 saturated heterocycles. The number of imidazole rings is 1. The van der Waals surface area contributed by atoms with Crippen molar-refractivity contribution in [3.05, 3.63) is 72.2 Å². The lowest BCUT2D eigenvalue weighted by atomic mass is 10.1. The van der Waals surface area contributed by atoms with E-state index in [-0.39, 0.29) is 29.0 Å². The SMILES string of the molecule is CC#CC(=O)N1CCC(c2nc(-c3ccc(Oc4cccc(OC)c4F)cc3)c3c(C(N)=O)nccn23)C1. The normalized spacial score (nSPS) is 14.7. The lowest BCUT2D eigenvalue weighted by Gasteiger charge is -2.12. The molecule has 10 heteroatoms. The van der Waals surface area contributed by atoms with Gasteiger partial charge in [0.25, 0.3) is 11.8 Å². The number of hydrogen-bond donors (Lipinski definition) is 1. The number of amides is 2. The van der Waals surface area contributed by atoms with Gasteiger partial charge < -0.3 is 20.1 Å². The van der Waals surface area contributed by atoms with Crippen molar-refractivity contribution in [2.75, 3.05) is 20.2 Å². The summed E-state index contributed by atoms with van der Waals surface area (Å²) in [5.74, 6) is 4.85. The molecule has 1 fully saturated rings. The zero-order chi connectivity index (χ0) is 26.8. The Morgan fingerprint density at radius 1 is 1.16 bits per heavy atom. The quantitative estimate of drug-likeness (QED) is 0.393. The molecule has 0 bridgehead atoms. The molecular formula is C28H24FN5O4. The molecule has 2 aromatic heterocycles. The molecule has 5 rings (SSSR count). The molecule has 1 aliphatic rings.